The largest absolute Gasteiger partial charge is 0.390 e. The second kappa shape index (κ2) is 5.32. The van der Waals surface area contributed by atoms with Gasteiger partial charge >= 0.3 is 11.9 Å². The van der Waals surface area contributed by atoms with Crippen molar-refractivity contribution in [3.63, 3.8) is 0 Å². The lowest BCUT2D eigenvalue weighted by Gasteiger charge is -1.97. The molecule has 0 aliphatic heterocycles. The fourth-order valence-corrected chi connectivity index (χ4v) is 0.764. The summed E-state index contributed by atoms with van der Waals surface area (Å²) in [7, 11) is 0. The van der Waals surface area contributed by atoms with Gasteiger partial charge in [0.15, 0.2) is 0 Å². The molecule has 1 aromatic carbocycles. The Morgan fingerprint density at radius 1 is 1.15 bits per heavy atom. The average molecular weight is 201 g/mol. The van der Waals surface area contributed by atoms with E-state index in [0.29, 0.717) is 5.56 Å². The van der Waals surface area contributed by atoms with E-state index >= 15 is 0 Å². The molecule has 0 bridgehead atoms. The Morgan fingerprint density at radius 2 is 1.69 bits per heavy atom. The minimum absolute atomic E-state index is 0. The number of carbonyl (C=O) groups excluding carboxylic acids is 2. The topological polar surface area (TPSA) is 43.4 Å². The molecule has 0 unspecified atom stereocenters. The van der Waals surface area contributed by atoms with Gasteiger partial charge in [0.25, 0.3) is 0 Å². The Hall–Kier alpha value is -1.35. The van der Waals surface area contributed by atoms with Crippen LogP contribution < -0.4 is 0 Å². The van der Waals surface area contributed by atoms with Crippen molar-refractivity contribution in [1.29, 1.82) is 0 Å². The molecule has 0 atom stereocenters. The highest BCUT2D eigenvalue weighted by molar-refractivity contribution is 5.96. The van der Waals surface area contributed by atoms with Crippen molar-refractivity contribution in [3.05, 3.63) is 35.9 Å². The summed E-state index contributed by atoms with van der Waals surface area (Å²) in [5.41, 5.74) is 0.382. The summed E-state index contributed by atoms with van der Waals surface area (Å²) < 4.78 is 4.36. The number of hydrogen-bond acceptors (Lipinski definition) is 3. The molecule has 4 heteroatoms. The van der Waals surface area contributed by atoms with E-state index in [-0.39, 0.29) is 12.4 Å². The Kier molecular flexibility index (Phi) is 4.77. The molecule has 0 aromatic heterocycles. The van der Waals surface area contributed by atoms with Crippen molar-refractivity contribution >= 4 is 24.3 Å². The van der Waals surface area contributed by atoms with E-state index in [2.05, 4.69) is 4.74 Å². The van der Waals surface area contributed by atoms with E-state index in [9.17, 15) is 9.59 Å². The molecule has 0 amide bonds. The summed E-state index contributed by atoms with van der Waals surface area (Å²) in [5, 5.41) is 0. The maximum Gasteiger partial charge on any atom is 0.345 e. The van der Waals surface area contributed by atoms with Crippen LogP contribution in [0.5, 0.6) is 0 Å². The van der Waals surface area contributed by atoms with E-state index in [0.717, 1.165) is 0 Å². The molecule has 0 saturated heterocycles. The van der Waals surface area contributed by atoms with Crippen molar-refractivity contribution in [2.45, 2.75) is 6.92 Å². The zero-order valence-electron chi connectivity index (χ0n) is 7.02. The maximum atomic E-state index is 11.0. The van der Waals surface area contributed by atoms with E-state index in [1.807, 2.05) is 0 Å². The molecular weight excluding hydrogens is 192 g/mol. The van der Waals surface area contributed by atoms with Gasteiger partial charge in [-0.1, -0.05) is 18.2 Å². The van der Waals surface area contributed by atoms with Gasteiger partial charge in [0.1, 0.15) is 0 Å². The third-order valence-corrected chi connectivity index (χ3v) is 1.25. The van der Waals surface area contributed by atoms with Crippen LogP contribution in [0.15, 0.2) is 30.3 Å². The molecule has 0 saturated carbocycles. The molecule has 0 heterocycles. The minimum atomic E-state index is -0.608. The van der Waals surface area contributed by atoms with Crippen LogP contribution in [0, 0.1) is 0 Å². The molecule has 0 aliphatic carbocycles. The quantitative estimate of drug-likeness (QED) is 0.513. The van der Waals surface area contributed by atoms with E-state index < -0.39 is 11.9 Å². The lowest BCUT2D eigenvalue weighted by Crippen LogP contribution is -2.08. The summed E-state index contributed by atoms with van der Waals surface area (Å²) in [4.78, 5) is 21.4. The molecule has 1 aromatic rings. The predicted molar refractivity (Wildman–Crippen MR) is 49.8 cm³/mol. The highest BCUT2D eigenvalue weighted by atomic mass is 35.5. The molecule has 13 heavy (non-hydrogen) atoms. The lowest BCUT2D eigenvalue weighted by molar-refractivity contribution is -0.135. The van der Waals surface area contributed by atoms with Crippen molar-refractivity contribution in [2.24, 2.45) is 0 Å². The van der Waals surface area contributed by atoms with Gasteiger partial charge in [-0.05, 0) is 12.1 Å². The number of halogens is 1. The van der Waals surface area contributed by atoms with Crippen LogP contribution in [-0.4, -0.2) is 11.9 Å². The number of esters is 2. The van der Waals surface area contributed by atoms with Crippen LogP contribution in [0.2, 0.25) is 0 Å². The summed E-state index contributed by atoms with van der Waals surface area (Å²) in [5.74, 6) is -1.20. The number of rotatable bonds is 1. The van der Waals surface area contributed by atoms with Crippen LogP contribution in [-0.2, 0) is 9.53 Å². The molecule has 0 radical (unpaired) electrons. The number of carbonyl (C=O) groups is 2. The highest BCUT2D eigenvalue weighted by Crippen LogP contribution is 2.00. The smallest absolute Gasteiger partial charge is 0.345 e. The van der Waals surface area contributed by atoms with Crippen LogP contribution in [0.4, 0.5) is 0 Å². The number of benzene rings is 1. The van der Waals surface area contributed by atoms with Crippen LogP contribution in [0.3, 0.4) is 0 Å². The molecular formula is C9H9ClO3. The molecule has 3 nitrogen and oxygen atoms in total. The van der Waals surface area contributed by atoms with Gasteiger partial charge in [-0.2, -0.15) is 0 Å². The van der Waals surface area contributed by atoms with Gasteiger partial charge < -0.3 is 4.74 Å². The third kappa shape index (κ3) is 3.71. The highest BCUT2D eigenvalue weighted by Gasteiger charge is 2.07. The standard InChI is InChI=1S/C9H8O3.ClH/c1-7(10)12-9(11)8-5-3-2-4-6-8;/h2-6H,1H3;1H. The summed E-state index contributed by atoms with van der Waals surface area (Å²) in [6, 6.07) is 8.37. The predicted octanol–water partition coefficient (Wildman–Crippen LogP) is 1.81. The first kappa shape index (κ1) is 11.6. The van der Waals surface area contributed by atoms with Gasteiger partial charge in [-0.15, -0.1) is 12.4 Å². The zero-order chi connectivity index (χ0) is 8.97. The Labute approximate surface area is 82.1 Å². The van der Waals surface area contributed by atoms with Crippen molar-refractivity contribution in [2.75, 3.05) is 0 Å². The first-order valence-electron chi connectivity index (χ1n) is 3.48. The van der Waals surface area contributed by atoms with Gasteiger partial charge in [-0.25, -0.2) is 4.79 Å². The van der Waals surface area contributed by atoms with E-state index in [4.69, 9.17) is 0 Å². The normalized spacial score (nSPS) is 8.38. The van der Waals surface area contributed by atoms with Gasteiger partial charge in [0, 0.05) is 6.92 Å². The van der Waals surface area contributed by atoms with Gasteiger partial charge in [0.05, 0.1) is 5.56 Å². The molecule has 0 N–H and O–H groups in total. The first-order valence-corrected chi connectivity index (χ1v) is 3.48. The van der Waals surface area contributed by atoms with Crippen LogP contribution in [0.25, 0.3) is 0 Å². The van der Waals surface area contributed by atoms with Crippen LogP contribution in [0.1, 0.15) is 17.3 Å². The second-order valence-electron chi connectivity index (χ2n) is 2.25. The number of hydrogen-bond donors (Lipinski definition) is 0. The Morgan fingerprint density at radius 3 is 2.15 bits per heavy atom. The van der Waals surface area contributed by atoms with Crippen LogP contribution >= 0.6 is 12.4 Å². The first-order chi connectivity index (χ1) is 5.70. The average Bonchev–Trinajstić information content (AvgIpc) is 2.05. The Bertz CT molecular complexity index is 295. The van der Waals surface area contributed by atoms with E-state index in [1.54, 1.807) is 30.3 Å². The Balaban J connectivity index is 0.00000144. The minimum Gasteiger partial charge on any atom is -0.390 e. The SMILES string of the molecule is CC(=O)OC(=O)c1ccccc1.Cl. The van der Waals surface area contributed by atoms with Crippen molar-refractivity contribution in [3.8, 4) is 0 Å². The number of ether oxygens (including phenoxy) is 1. The molecule has 1 rings (SSSR count). The molecule has 70 valence electrons. The molecule has 0 spiro atoms. The summed E-state index contributed by atoms with van der Waals surface area (Å²) in [6.45, 7) is 1.20. The summed E-state index contributed by atoms with van der Waals surface area (Å²) in [6.07, 6.45) is 0. The fraction of sp³-hybridized carbons (Fsp3) is 0.111. The van der Waals surface area contributed by atoms with Gasteiger partial charge in [-0.3, -0.25) is 4.79 Å². The second-order valence-corrected chi connectivity index (χ2v) is 2.25. The van der Waals surface area contributed by atoms with Gasteiger partial charge in [0.2, 0.25) is 0 Å². The summed E-state index contributed by atoms with van der Waals surface area (Å²) >= 11 is 0. The monoisotopic (exact) mass is 200 g/mol. The fourth-order valence-electron chi connectivity index (χ4n) is 0.764. The van der Waals surface area contributed by atoms with E-state index in [1.165, 1.54) is 6.92 Å². The molecule has 0 aliphatic rings. The van der Waals surface area contributed by atoms with Crippen molar-refractivity contribution < 1.29 is 14.3 Å². The van der Waals surface area contributed by atoms with Crippen molar-refractivity contribution in [1.82, 2.24) is 0 Å². The third-order valence-electron chi connectivity index (χ3n) is 1.25. The maximum absolute atomic E-state index is 11.0. The molecule has 0 fully saturated rings. The lowest BCUT2D eigenvalue weighted by atomic mass is 10.2. The zero-order valence-corrected chi connectivity index (χ0v) is 7.84.